The Balaban J connectivity index is 2.14. The topological polar surface area (TPSA) is 45.8 Å². The van der Waals surface area contributed by atoms with E-state index in [2.05, 4.69) is 9.97 Å². The van der Waals surface area contributed by atoms with E-state index < -0.39 is 0 Å². The van der Waals surface area contributed by atoms with Crippen LogP contribution >= 0.6 is 12.2 Å². The van der Waals surface area contributed by atoms with E-state index in [-0.39, 0.29) is 5.78 Å². The minimum atomic E-state index is -0.0165. The predicted octanol–water partition coefficient (Wildman–Crippen LogP) is 2.87. The molecular weight excluding hydrogens is 256 g/mol. The number of ketones is 1. The van der Waals surface area contributed by atoms with Crippen molar-refractivity contribution >= 4 is 33.8 Å². The molecule has 1 aliphatic carbocycles. The Labute approximate surface area is 114 Å². The number of hydrogen-bond acceptors (Lipinski definition) is 3. The first-order valence-electron chi connectivity index (χ1n) is 5.91. The molecule has 90 valence electrons. The number of nitrogens with one attached hydrogen (secondary N) is 1. The SMILES string of the molecule is O=C1c2ccncc2C(=S)c2c1[nH]c1ccccc21. The molecule has 0 radical (unpaired) electrons. The highest BCUT2D eigenvalue weighted by Crippen LogP contribution is 2.32. The largest absolute Gasteiger partial charge is 0.351 e. The van der Waals surface area contributed by atoms with Crippen molar-refractivity contribution in [2.24, 2.45) is 0 Å². The second kappa shape index (κ2) is 3.59. The summed E-state index contributed by atoms with van der Waals surface area (Å²) >= 11 is 5.54. The van der Waals surface area contributed by atoms with E-state index in [1.165, 1.54) is 0 Å². The zero-order valence-electron chi connectivity index (χ0n) is 9.81. The first kappa shape index (κ1) is 10.6. The van der Waals surface area contributed by atoms with E-state index in [0.29, 0.717) is 16.1 Å². The van der Waals surface area contributed by atoms with E-state index in [4.69, 9.17) is 12.2 Å². The second-order valence-electron chi connectivity index (χ2n) is 4.50. The van der Waals surface area contributed by atoms with Gasteiger partial charge in [0.2, 0.25) is 5.78 Å². The summed E-state index contributed by atoms with van der Waals surface area (Å²) in [5.74, 6) is -0.0165. The third kappa shape index (κ3) is 1.29. The maximum absolute atomic E-state index is 12.5. The van der Waals surface area contributed by atoms with Gasteiger partial charge in [0.1, 0.15) is 0 Å². The molecule has 3 aromatic rings. The fourth-order valence-electron chi connectivity index (χ4n) is 2.59. The molecule has 1 aliphatic rings. The van der Waals surface area contributed by atoms with E-state index in [1.807, 2.05) is 24.3 Å². The fourth-order valence-corrected chi connectivity index (χ4v) is 2.97. The second-order valence-corrected chi connectivity index (χ2v) is 4.91. The lowest BCUT2D eigenvalue weighted by Crippen LogP contribution is -2.19. The molecule has 0 fully saturated rings. The smallest absolute Gasteiger partial charge is 0.210 e. The lowest BCUT2D eigenvalue weighted by molar-refractivity contribution is 0.103. The highest BCUT2D eigenvalue weighted by Gasteiger charge is 2.30. The third-order valence-electron chi connectivity index (χ3n) is 3.47. The standard InChI is InChI=1S/C15H8N2OS/c18-14-8-5-6-16-7-10(8)15(19)12-9-3-1-2-4-11(9)17-13(12)14/h1-7,17H. The molecule has 0 saturated heterocycles. The molecule has 0 saturated carbocycles. The molecule has 19 heavy (non-hydrogen) atoms. The summed E-state index contributed by atoms with van der Waals surface area (Å²) in [5.41, 5.74) is 3.73. The summed E-state index contributed by atoms with van der Waals surface area (Å²) in [5, 5.41) is 0.991. The normalized spacial score (nSPS) is 13.5. The van der Waals surface area contributed by atoms with Crippen molar-refractivity contribution in [2.75, 3.05) is 0 Å². The molecule has 0 amide bonds. The van der Waals surface area contributed by atoms with Crippen molar-refractivity contribution in [1.29, 1.82) is 0 Å². The van der Waals surface area contributed by atoms with Gasteiger partial charge in [-0.05, 0) is 12.1 Å². The number of H-pyrrole nitrogens is 1. The average Bonchev–Trinajstić information content (AvgIpc) is 2.84. The van der Waals surface area contributed by atoms with Crippen molar-refractivity contribution in [2.45, 2.75) is 0 Å². The Hall–Kier alpha value is -2.33. The Morgan fingerprint density at radius 3 is 2.84 bits per heavy atom. The summed E-state index contributed by atoms with van der Waals surface area (Å²) < 4.78 is 0. The number of aromatic amines is 1. The van der Waals surface area contributed by atoms with Crippen LogP contribution in [-0.4, -0.2) is 20.6 Å². The average molecular weight is 264 g/mol. The quantitative estimate of drug-likeness (QED) is 0.497. The highest BCUT2D eigenvalue weighted by atomic mass is 32.1. The number of benzene rings is 1. The van der Waals surface area contributed by atoms with Crippen LogP contribution in [0.1, 0.15) is 27.2 Å². The molecule has 4 rings (SSSR count). The van der Waals surface area contributed by atoms with Gasteiger partial charge in [-0.15, -0.1) is 0 Å². The van der Waals surface area contributed by atoms with Crippen LogP contribution in [0.2, 0.25) is 0 Å². The van der Waals surface area contributed by atoms with Gasteiger partial charge in [0.05, 0.1) is 10.6 Å². The molecule has 0 unspecified atom stereocenters. The molecule has 0 aliphatic heterocycles. The predicted molar refractivity (Wildman–Crippen MR) is 76.8 cm³/mol. The monoisotopic (exact) mass is 264 g/mol. The first-order valence-corrected chi connectivity index (χ1v) is 6.32. The van der Waals surface area contributed by atoms with Crippen LogP contribution in [-0.2, 0) is 0 Å². The van der Waals surface area contributed by atoms with E-state index in [9.17, 15) is 4.79 Å². The molecule has 0 atom stereocenters. The van der Waals surface area contributed by atoms with E-state index in [0.717, 1.165) is 22.0 Å². The minimum Gasteiger partial charge on any atom is -0.351 e. The minimum absolute atomic E-state index is 0.0165. The van der Waals surface area contributed by atoms with Crippen LogP contribution < -0.4 is 0 Å². The van der Waals surface area contributed by atoms with Gasteiger partial charge in [0.25, 0.3) is 0 Å². The summed E-state index contributed by atoms with van der Waals surface area (Å²) in [7, 11) is 0. The Morgan fingerprint density at radius 2 is 1.95 bits per heavy atom. The molecule has 3 nitrogen and oxygen atoms in total. The van der Waals surface area contributed by atoms with E-state index >= 15 is 0 Å². The Bertz CT molecular complexity index is 863. The van der Waals surface area contributed by atoms with Gasteiger partial charge in [-0.2, -0.15) is 0 Å². The number of rotatable bonds is 0. The van der Waals surface area contributed by atoms with Crippen LogP contribution in [0.25, 0.3) is 10.9 Å². The molecule has 4 heteroatoms. The number of fused-ring (bicyclic) bond motifs is 4. The molecule has 1 N–H and O–H groups in total. The number of nitrogens with zero attached hydrogens (tertiary/aromatic N) is 1. The molecule has 2 aromatic heterocycles. The molecule has 2 heterocycles. The number of hydrogen-bond donors (Lipinski definition) is 1. The lowest BCUT2D eigenvalue weighted by atomic mass is 9.89. The number of carbonyl (C=O) groups is 1. The van der Waals surface area contributed by atoms with Crippen molar-refractivity contribution < 1.29 is 4.79 Å². The Morgan fingerprint density at radius 1 is 1.11 bits per heavy atom. The van der Waals surface area contributed by atoms with Crippen molar-refractivity contribution in [3.8, 4) is 0 Å². The van der Waals surface area contributed by atoms with Gasteiger partial charge in [-0.3, -0.25) is 9.78 Å². The van der Waals surface area contributed by atoms with Gasteiger partial charge in [0, 0.05) is 40.0 Å². The highest BCUT2D eigenvalue weighted by molar-refractivity contribution is 7.81. The first-order chi connectivity index (χ1) is 9.27. The molecule has 1 aromatic carbocycles. The molecule has 0 bridgehead atoms. The van der Waals surface area contributed by atoms with Crippen molar-refractivity contribution in [3.05, 3.63) is 65.1 Å². The zero-order chi connectivity index (χ0) is 13.0. The summed E-state index contributed by atoms with van der Waals surface area (Å²) in [4.78, 5) is 20.4. The number of aromatic nitrogens is 2. The maximum atomic E-state index is 12.5. The number of pyridine rings is 1. The fraction of sp³-hybridized carbons (Fsp3) is 0. The number of carbonyl (C=O) groups excluding carboxylic acids is 1. The van der Waals surface area contributed by atoms with Gasteiger partial charge >= 0.3 is 0 Å². The zero-order valence-corrected chi connectivity index (χ0v) is 10.6. The van der Waals surface area contributed by atoms with Crippen molar-refractivity contribution in [3.63, 3.8) is 0 Å². The van der Waals surface area contributed by atoms with Crippen LogP contribution in [0.15, 0.2) is 42.7 Å². The third-order valence-corrected chi connectivity index (χ3v) is 3.89. The Kier molecular flexibility index (Phi) is 2.00. The van der Waals surface area contributed by atoms with Gasteiger partial charge in [0.15, 0.2) is 0 Å². The summed E-state index contributed by atoms with van der Waals surface area (Å²) in [6.07, 6.45) is 3.28. The van der Waals surface area contributed by atoms with Gasteiger partial charge < -0.3 is 4.98 Å². The van der Waals surface area contributed by atoms with Crippen LogP contribution in [0.4, 0.5) is 0 Å². The van der Waals surface area contributed by atoms with Crippen LogP contribution in [0.3, 0.4) is 0 Å². The lowest BCUT2D eigenvalue weighted by Gasteiger charge is -2.15. The van der Waals surface area contributed by atoms with Gasteiger partial charge in [-0.1, -0.05) is 30.4 Å². The number of para-hydroxylation sites is 1. The summed E-state index contributed by atoms with van der Waals surface area (Å²) in [6, 6.07) is 9.53. The number of thiocarbonyl (C=S) groups is 1. The molecular formula is C15H8N2OS. The van der Waals surface area contributed by atoms with Crippen molar-refractivity contribution in [1.82, 2.24) is 9.97 Å². The summed E-state index contributed by atoms with van der Waals surface area (Å²) in [6.45, 7) is 0. The maximum Gasteiger partial charge on any atom is 0.210 e. The van der Waals surface area contributed by atoms with Crippen LogP contribution in [0.5, 0.6) is 0 Å². The van der Waals surface area contributed by atoms with Gasteiger partial charge in [-0.25, -0.2) is 0 Å². The van der Waals surface area contributed by atoms with Crippen LogP contribution in [0, 0.1) is 0 Å². The van der Waals surface area contributed by atoms with E-state index in [1.54, 1.807) is 18.5 Å². The molecule has 0 spiro atoms.